The van der Waals surface area contributed by atoms with Gasteiger partial charge in [-0.15, -0.1) is 16.4 Å². The lowest BCUT2D eigenvalue weighted by molar-refractivity contribution is -0.131. The highest BCUT2D eigenvalue weighted by Gasteiger charge is 2.22. The number of carbonyl (C=O) groups is 1. The second-order valence-corrected chi connectivity index (χ2v) is 8.27. The number of methoxy groups -OCH3 is 1. The Hall–Kier alpha value is -2.52. The van der Waals surface area contributed by atoms with Gasteiger partial charge >= 0.3 is 0 Å². The lowest BCUT2D eigenvalue weighted by Gasteiger charge is -2.29. The molecule has 7 nitrogen and oxygen atoms in total. The molecule has 3 aromatic rings. The Morgan fingerprint density at radius 3 is 2.75 bits per heavy atom. The summed E-state index contributed by atoms with van der Waals surface area (Å²) in [4.78, 5) is 20.2. The van der Waals surface area contributed by atoms with Crippen molar-refractivity contribution in [3.05, 3.63) is 52.2 Å². The Bertz CT molecular complexity index is 880. The van der Waals surface area contributed by atoms with E-state index in [2.05, 4.69) is 33.6 Å². The summed E-state index contributed by atoms with van der Waals surface area (Å²) in [5.41, 5.74) is 6.60. The number of amides is 1. The quantitative estimate of drug-likeness (QED) is 0.519. The van der Waals surface area contributed by atoms with Crippen LogP contribution in [-0.2, 0) is 17.8 Å². The van der Waals surface area contributed by atoms with Crippen molar-refractivity contribution in [3.63, 3.8) is 0 Å². The molecule has 0 radical (unpaired) electrons. The number of anilines is 1. The van der Waals surface area contributed by atoms with Gasteiger partial charge in [0.25, 0.3) is 0 Å². The molecule has 1 atom stereocenters. The van der Waals surface area contributed by atoms with Gasteiger partial charge < -0.3 is 15.4 Å². The molecule has 0 saturated heterocycles. The molecule has 0 unspecified atom stereocenters. The number of hydrogen-bond donors (Lipinski definition) is 2. The third-order valence-electron chi connectivity index (χ3n) is 4.25. The maximum Gasteiger partial charge on any atom is 0.233 e. The van der Waals surface area contributed by atoms with Crippen molar-refractivity contribution in [2.45, 2.75) is 31.1 Å². The van der Waals surface area contributed by atoms with Crippen molar-refractivity contribution >= 4 is 35.0 Å². The molecule has 0 aliphatic carbocycles. The number of benzene rings is 1. The number of thioether (sulfide) groups is 1. The fourth-order valence-electron chi connectivity index (χ4n) is 2.78. The number of carbonyl (C=O) groups excluding carboxylic acids is 1. The smallest absolute Gasteiger partial charge is 0.233 e. The van der Waals surface area contributed by atoms with Gasteiger partial charge in [0.05, 0.1) is 12.9 Å². The van der Waals surface area contributed by atoms with E-state index >= 15 is 0 Å². The zero-order valence-corrected chi connectivity index (χ0v) is 17.4. The Labute approximate surface area is 172 Å². The molecule has 3 N–H and O–H groups in total. The number of nitrogens with one attached hydrogen (secondary N) is 1. The Kier molecular flexibility index (Phi) is 6.94. The Balaban J connectivity index is 1.70. The van der Waals surface area contributed by atoms with Crippen molar-refractivity contribution in [1.29, 1.82) is 0 Å². The zero-order chi connectivity index (χ0) is 19.9. The van der Waals surface area contributed by atoms with Crippen LogP contribution in [0, 0.1) is 0 Å². The Morgan fingerprint density at radius 1 is 1.36 bits per heavy atom. The van der Waals surface area contributed by atoms with E-state index in [0.29, 0.717) is 11.7 Å². The van der Waals surface area contributed by atoms with Gasteiger partial charge in [-0.3, -0.25) is 4.79 Å². The fourth-order valence-corrected chi connectivity index (χ4v) is 4.30. The van der Waals surface area contributed by atoms with Gasteiger partial charge in [-0.05, 0) is 36.1 Å². The third kappa shape index (κ3) is 5.49. The molecule has 1 aromatic carbocycles. The maximum absolute atomic E-state index is 13.0. The fraction of sp³-hybridized carbons (Fsp3) is 0.316. The standard InChI is InChI=1S/C19H23N5O2S2/c1-13(10-16-4-3-9-27-16)24(11-14-5-7-15(26-2)8-6-14)17(25)12-28-19-21-18(20)22-23-19/h3-9,13H,10-12H2,1-2H3,(H3,20,21,22,23)/t13-/m1/s1. The van der Waals surface area contributed by atoms with Gasteiger partial charge in [-0.25, -0.2) is 5.10 Å². The van der Waals surface area contributed by atoms with Crippen LogP contribution in [0.2, 0.25) is 0 Å². The minimum absolute atomic E-state index is 0.0354. The van der Waals surface area contributed by atoms with Crippen LogP contribution in [0.3, 0.4) is 0 Å². The molecule has 9 heteroatoms. The number of nitrogen functional groups attached to an aromatic ring is 1. The van der Waals surface area contributed by atoms with Crippen molar-refractivity contribution in [1.82, 2.24) is 20.1 Å². The number of ether oxygens (including phenoxy) is 1. The first-order valence-corrected chi connectivity index (χ1v) is 10.7. The minimum Gasteiger partial charge on any atom is -0.497 e. The third-order valence-corrected chi connectivity index (χ3v) is 5.98. The summed E-state index contributed by atoms with van der Waals surface area (Å²) in [5.74, 6) is 1.33. The van der Waals surface area contributed by atoms with Gasteiger partial charge in [0.2, 0.25) is 17.0 Å². The molecular weight excluding hydrogens is 394 g/mol. The summed E-state index contributed by atoms with van der Waals surface area (Å²) in [7, 11) is 1.64. The molecule has 1 amide bonds. The topological polar surface area (TPSA) is 97.1 Å². The minimum atomic E-state index is 0.0354. The summed E-state index contributed by atoms with van der Waals surface area (Å²) >= 11 is 2.98. The largest absolute Gasteiger partial charge is 0.497 e. The molecule has 3 rings (SSSR count). The summed E-state index contributed by atoms with van der Waals surface area (Å²) in [6.07, 6.45) is 0.817. The normalized spacial score (nSPS) is 11.9. The summed E-state index contributed by atoms with van der Waals surface area (Å²) in [6.45, 7) is 2.61. The number of thiophene rings is 1. The van der Waals surface area contributed by atoms with E-state index in [1.807, 2.05) is 35.2 Å². The number of aromatic nitrogens is 3. The predicted octanol–water partition coefficient (Wildman–Crippen LogP) is 3.21. The van der Waals surface area contributed by atoms with Crippen LogP contribution in [0.1, 0.15) is 17.4 Å². The highest BCUT2D eigenvalue weighted by atomic mass is 32.2. The van der Waals surface area contributed by atoms with E-state index < -0.39 is 0 Å². The molecule has 0 bridgehead atoms. The molecule has 2 heterocycles. The second-order valence-electron chi connectivity index (χ2n) is 6.29. The molecule has 0 aliphatic heterocycles. The van der Waals surface area contributed by atoms with Crippen LogP contribution in [0.25, 0.3) is 0 Å². The second kappa shape index (κ2) is 9.61. The van der Waals surface area contributed by atoms with Gasteiger partial charge in [-0.1, -0.05) is 30.0 Å². The first kappa shape index (κ1) is 20.2. The molecule has 2 aromatic heterocycles. The van der Waals surface area contributed by atoms with Crippen LogP contribution in [-0.4, -0.2) is 44.9 Å². The molecule has 0 aliphatic rings. The van der Waals surface area contributed by atoms with Crippen LogP contribution in [0.15, 0.2) is 46.9 Å². The van der Waals surface area contributed by atoms with Gasteiger partial charge in [0.1, 0.15) is 5.75 Å². The average Bonchev–Trinajstić information content (AvgIpc) is 3.36. The van der Waals surface area contributed by atoms with E-state index in [9.17, 15) is 4.79 Å². The molecule has 0 saturated carbocycles. The molecule has 0 spiro atoms. The van der Waals surface area contributed by atoms with Crippen LogP contribution in [0.4, 0.5) is 5.95 Å². The van der Waals surface area contributed by atoms with Crippen LogP contribution >= 0.6 is 23.1 Å². The molecular formula is C19H23N5O2S2. The first-order valence-electron chi connectivity index (χ1n) is 8.80. The maximum atomic E-state index is 13.0. The summed E-state index contributed by atoms with van der Waals surface area (Å²) in [5, 5.41) is 9.09. The molecule has 0 fully saturated rings. The number of hydrogen-bond acceptors (Lipinski definition) is 7. The van der Waals surface area contributed by atoms with Crippen LogP contribution in [0.5, 0.6) is 5.75 Å². The number of nitrogens with zero attached hydrogens (tertiary/aromatic N) is 3. The van der Waals surface area contributed by atoms with E-state index in [0.717, 1.165) is 17.7 Å². The van der Waals surface area contributed by atoms with Crippen LogP contribution < -0.4 is 10.5 Å². The van der Waals surface area contributed by atoms with Gasteiger partial charge in [-0.2, -0.15) is 4.98 Å². The highest BCUT2D eigenvalue weighted by molar-refractivity contribution is 7.99. The van der Waals surface area contributed by atoms with E-state index in [1.54, 1.807) is 18.4 Å². The predicted molar refractivity (Wildman–Crippen MR) is 113 cm³/mol. The van der Waals surface area contributed by atoms with Gasteiger partial charge in [0.15, 0.2) is 0 Å². The first-order chi connectivity index (χ1) is 13.5. The van der Waals surface area contributed by atoms with Crippen molar-refractivity contribution in [2.75, 3.05) is 18.6 Å². The molecule has 148 valence electrons. The Morgan fingerprint density at radius 2 is 2.14 bits per heavy atom. The summed E-state index contributed by atoms with van der Waals surface area (Å²) in [6, 6.07) is 12.0. The number of rotatable bonds is 9. The monoisotopic (exact) mass is 417 g/mol. The lowest BCUT2D eigenvalue weighted by Crippen LogP contribution is -2.40. The zero-order valence-electron chi connectivity index (χ0n) is 15.8. The molecule has 28 heavy (non-hydrogen) atoms. The number of nitrogens with two attached hydrogens (primary N) is 1. The number of aromatic amines is 1. The highest BCUT2D eigenvalue weighted by Crippen LogP contribution is 2.21. The summed E-state index contributed by atoms with van der Waals surface area (Å²) < 4.78 is 5.22. The lowest BCUT2D eigenvalue weighted by atomic mass is 10.1. The van der Waals surface area contributed by atoms with Crippen molar-refractivity contribution in [2.24, 2.45) is 0 Å². The van der Waals surface area contributed by atoms with E-state index in [-0.39, 0.29) is 23.7 Å². The van der Waals surface area contributed by atoms with Crippen molar-refractivity contribution in [3.8, 4) is 5.75 Å². The SMILES string of the molecule is COc1ccc(CN(C(=O)CSc2n[nH]c(N)n2)[C@H](C)Cc2cccs2)cc1. The van der Waals surface area contributed by atoms with E-state index in [4.69, 9.17) is 10.5 Å². The average molecular weight is 418 g/mol. The number of H-pyrrole nitrogens is 1. The van der Waals surface area contributed by atoms with Crippen molar-refractivity contribution < 1.29 is 9.53 Å². The van der Waals surface area contributed by atoms with Gasteiger partial charge in [0, 0.05) is 23.9 Å². The van der Waals surface area contributed by atoms with E-state index in [1.165, 1.54) is 16.6 Å².